The molecule has 23 heavy (non-hydrogen) atoms. The molecule has 1 fully saturated rings. The first-order chi connectivity index (χ1) is 11.3. The van der Waals surface area contributed by atoms with Gasteiger partial charge in [0.15, 0.2) is 0 Å². The highest BCUT2D eigenvalue weighted by atomic mass is 32.1. The molecule has 0 aromatic carbocycles. The molecule has 0 unspecified atom stereocenters. The normalized spacial score (nSPS) is 18.6. The van der Waals surface area contributed by atoms with Crippen LogP contribution in [0, 0.1) is 6.92 Å². The summed E-state index contributed by atoms with van der Waals surface area (Å²) in [5.41, 5.74) is 1.17. The van der Waals surface area contributed by atoms with Crippen LogP contribution in [0.2, 0.25) is 0 Å². The second kappa shape index (κ2) is 6.26. The highest BCUT2D eigenvalue weighted by Crippen LogP contribution is 2.33. The summed E-state index contributed by atoms with van der Waals surface area (Å²) in [5.74, 6) is 1.93. The Hall–Kier alpha value is -1.98. The summed E-state index contributed by atoms with van der Waals surface area (Å²) in [4.78, 5) is 13.2. The van der Waals surface area contributed by atoms with Gasteiger partial charge in [-0.05, 0) is 49.9 Å². The Morgan fingerprint density at radius 2 is 2.22 bits per heavy atom. The maximum absolute atomic E-state index is 4.92. The molecule has 118 valence electrons. The molecule has 0 spiro atoms. The van der Waals surface area contributed by atoms with Gasteiger partial charge in [0.2, 0.25) is 0 Å². The average molecular weight is 324 g/mol. The standard InChI is InChI=1S/C18H20N4S/c1-14-19-9-11-22(14)18-8-2-6-16(20-18)17-7-3-10-21(17)13-15-5-4-12-23-15/h2,4-6,8-9,11-12,17H,3,7,10,13H2,1H3/t17-/m0/s1. The molecule has 5 heteroatoms. The average Bonchev–Trinajstić information content (AvgIpc) is 3.30. The van der Waals surface area contributed by atoms with E-state index in [-0.39, 0.29) is 0 Å². The summed E-state index contributed by atoms with van der Waals surface area (Å²) in [7, 11) is 0. The van der Waals surface area contributed by atoms with Crippen LogP contribution in [0.5, 0.6) is 0 Å². The first kappa shape index (κ1) is 14.6. The van der Waals surface area contributed by atoms with Crippen LogP contribution in [0.4, 0.5) is 0 Å². The molecule has 4 heterocycles. The summed E-state index contributed by atoms with van der Waals surface area (Å²) in [5, 5.41) is 2.15. The van der Waals surface area contributed by atoms with Crippen LogP contribution < -0.4 is 0 Å². The Kier molecular flexibility index (Phi) is 3.97. The minimum Gasteiger partial charge on any atom is -0.290 e. The number of pyridine rings is 1. The Morgan fingerprint density at radius 3 is 3.00 bits per heavy atom. The fourth-order valence-corrected chi connectivity index (χ4v) is 4.06. The van der Waals surface area contributed by atoms with Gasteiger partial charge >= 0.3 is 0 Å². The molecule has 0 N–H and O–H groups in total. The zero-order valence-corrected chi connectivity index (χ0v) is 14.0. The van der Waals surface area contributed by atoms with Crippen LogP contribution in [0.25, 0.3) is 5.82 Å². The lowest BCUT2D eigenvalue weighted by atomic mass is 10.1. The molecule has 1 atom stereocenters. The molecule has 1 aliphatic rings. The Morgan fingerprint density at radius 1 is 1.26 bits per heavy atom. The minimum atomic E-state index is 0.417. The number of aryl methyl sites for hydroxylation is 1. The molecular weight excluding hydrogens is 304 g/mol. The van der Waals surface area contributed by atoms with Gasteiger partial charge in [0.25, 0.3) is 0 Å². The zero-order chi connectivity index (χ0) is 15.6. The molecule has 0 saturated carbocycles. The van der Waals surface area contributed by atoms with Crippen molar-refractivity contribution in [2.45, 2.75) is 32.4 Å². The summed E-state index contributed by atoms with van der Waals surface area (Å²) in [6.45, 7) is 4.18. The monoisotopic (exact) mass is 324 g/mol. The van der Waals surface area contributed by atoms with Crippen molar-refractivity contribution in [1.29, 1.82) is 0 Å². The molecular formula is C18H20N4S. The molecule has 3 aromatic heterocycles. The maximum Gasteiger partial charge on any atom is 0.138 e. The number of thiophene rings is 1. The number of hydrogen-bond acceptors (Lipinski definition) is 4. The van der Waals surface area contributed by atoms with Gasteiger partial charge in [0.05, 0.1) is 11.7 Å². The van der Waals surface area contributed by atoms with E-state index in [0.717, 1.165) is 24.7 Å². The van der Waals surface area contributed by atoms with E-state index in [1.165, 1.54) is 23.4 Å². The molecule has 1 saturated heterocycles. The minimum absolute atomic E-state index is 0.417. The highest BCUT2D eigenvalue weighted by Gasteiger charge is 2.27. The van der Waals surface area contributed by atoms with E-state index >= 15 is 0 Å². The third kappa shape index (κ3) is 2.94. The van der Waals surface area contributed by atoms with E-state index in [4.69, 9.17) is 4.98 Å². The van der Waals surface area contributed by atoms with Crippen LogP contribution in [-0.4, -0.2) is 26.0 Å². The van der Waals surface area contributed by atoms with Crippen molar-refractivity contribution in [3.63, 3.8) is 0 Å². The number of likely N-dealkylation sites (tertiary alicyclic amines) is 1. The Balaban J connectivity index is 1.60. The lowest BCUT2D eigenvalue weighted by Gasteiger charge is -2.23. The summed E-state index contributed by atoms with van der Waals surface area (Å²) >= 11 is 1.84. The number of nitrogens with zero attached hydrogens (tertiary/aromatic N) is 4. The number of rotatable bonds is 4. The van der Waals surface area contributed by atoms with Gasteiger partial charge in [0, 0.05) is 23.8 Å². The van der Waals surface area contributed by atoms with Crippen molar-refractivity contribution in [3.05, 3.63) is 64.5 Å². The molecule has 4 nitrogen and oxygen atoms in total. The van der Waals surface area contributed by atoms with Crippen molar-refractivity contribution < 1.29 is 0 Å². The molecule has 0 radical (unpaired) electrons. The van der Waals surface area contributed by atoms with E-state index in [0.29, 0.717) is 6.04 Å². The lowest BCUT2D eigenvalue weighted by Crippen LogP contribution is -2.23. The predicted octanol–water partition coefficient (Wildman–Crippen LogP) is 3.97. The van der Waals surface area contributed by atoms with Crippen molar-refractivity contribution in [1.82, 2.24) is 19.4 Å². The zero-order valence-electron chi connectivity index (χ0n) is 13.2. The van der Waals surface area contributed by atoms with Crippen LogP contribution in [0.3, 0.4) is 0 Å². The first-order valence-electron chi connectivity index (χ1n) is 8.05. The quantitative estimate of drug-likeness (QED) is 0.728. The smallest absolute Gasteiger partial charge is 0.138 e. The maximum atomic E-state index is 4.92. The summed E-state index contributed by atoms with van der Waals surface area (Å²) in [6, 6.07) is 11.1. The van der Waals surface area contributed by atoms with Crippen LogP contribution in [0.15, 0.2) is 48.1 Å². The van der Waals surface area contributed by atoms with Gasteiger partial charge in [0.1, 0.15) is 11.6 Å². The molecule has 3 aromatic rings. The van der Waals surface area contributed by atoms with E-state index in [1.807, 2.05) is 35.2 Å². The van der Waals surface area contributed by atoms with E-state index in [1.54, 1.807) is 0 Å². The third-order valence-corrected chi connectivity index (χ3v) is 5.33. The van der Waals surface area contributed by atoms with Gasteiger partial charge in [-0.1, -0.05) is 12.1 Å². The van der Waals surface area contributed by atoms with E-state index in [9.17, 15) is 0 Å². The molecule has 0 amide bonds. The highest BCUT2D eigenvalue weighted by molar-refractivity contribution is 7.09. The Bertz CT molecular complexity index is 778. The topological polar surface area (TPSA) is 34.0 Å². The van der Waals surface area contributed by atoms with Gasteiger partial charge in [-0.2, -0.15) is 0 Å². The van der Waals surface area contributed by atoms with Gasteiger partial charge in [-0.15, -0.1) is 11.3 Å². The third-order valence-electron chi connectivity index (χ3n) is 4.47. The summed E-state index contributed by atoms with van der Waals surface area (Å²) in [6.07, 6.45) is 6.22. The molecule has 0 aliphatic carbocycles. The number of aromatic nitrogens is 3. The van der Waals surface area contributed by atoms with Gasteiger partial charge < -0.3 is 0 Å². The Labute approximate surface area is 140 Å². The second-order valence-electron chi connectivity index (χ2n) is 5.97. The second-order valence-corrected chi connectivity index (χ2v) is 7.01. The first-order valence-corrected chi connectivity index (χ1v) is 8.93. The van der Waals surface area contributed by atoms with Crippen LogP contribution in [0.1, 0.15) is 35.3 Å². The van der Waals surface area contributed by atoms with E-state index < -0.39 is 0 Å². The van der Waals surface area contributed by atoms with Gasteiger partial charge in [-0.3, -0.25) is 9.47 Å². The van der Waals surface area contributed by atoms with Crippen molar-refractivity contribution in [2.75, 3.05) is 6.54 Å². The van der Waals surface area contributed by atoms with Crippen LogP contribution in [-0.2, 0) is 6.54 Å². The molecule has 1 aliphatic heterocycles. The van der Waals surface area contributed by atoms with E-state index in [2.05, 4.69) is 45.6 Å². The van der Waals surface area contributed by atoms with Crippen LogP contribution >= 0.6 is 11.3 Å². The lowest BCUT2D eigenvalue weighted by molar-refractivity contribution is 0.246. The predicted molar refractivity (Wildman–Crippen MR) is 92.8 cm³/mol. The molecule has 4 rings (SSSR count). The fraction of sp³-hybridized carbons (Fsp3) is 0.333. The number of hydrogen-bond donors (Lipinski definition) is 0. The van der Waals surface area contributed by atoms with Gasteiger partial charge in [-0.25, -0.2) is 9.97 Å². The summed E-state index contributed by atoms with van der Waals surface area (Å²) < 4.78 is 2.04. The van der Waals surface area contributed by atoms with Crippen molar-refractivity contribution in [3.8, 4) is 5.82 Å². The molecule has 0 bridgehead atoms. The SMILES string of the molecule is Cc1nccn1-c1cccc([C@@H]2CCCN2Cc2cccs2)n1. The van der Waals surface area contributed by atoms with Crippen molar-refractivity contribution in [2.24, 2.45) is 0 Å². The fourth-order valence-electron chi connectivity index (χ4n) is 3.33. The van der Waals surface area contributed by atoms with Crippen molar-refractivity contribution >= 4 is 11.3 Å². The number of imidazole rings is 1. The largest absolute Gasteiger partial charge is 0.290 e.